The van der Waals surface area contributed by atoms with Gasteiger partial charge in [-0.15, -0.1) is 11.6 Å². The van der Waals surface area contributed by atoms with Crippen molar-refractivity contribution in [2.24, 2.45) is 0 Å². The molecule has 0 aliphatic carbocycles. The lowest BCUT2D eigenvalue weighted by Crippen LogP contribution is -2.15. The highest BCUT2D eigenvalue weighted by Crippen LogP contribution is 2.38. The highest BCUT2D eigenvalue weighted by Gasteiger charge is 2.34. The zero-order chi connectivity index (χ0) is 15.3. The Morgan fingerprint density at radius 3 is 2.50 bits per heavy atom. The fraction of sp³-hybridized carbons (Fsp3) is 0.417. The highest BCUT2D eigenvalue weighted by atomic mass is 35.5. The number of carbonyl (C=O) groups excluding carboxylic acids is 1. The summed E-state index contributed by atoms with van der Waals surface area (Å²) in [6.07, 6.45) is -4.61. The molecule has 0 heterocycles. The largest absolute Gasteiger partial charge is 0.482 e. The summed E-state index contributed by atoms with van der Waals surface area (Å²) in [4.78, 5) is 11.1. The monoisotopic (exact) mass is 330 g/mol. The van der Waals surface area contributed by atoms with Crippen LogP contribution in [0.4, 0.5) is 13.2 Å². The minimum atomic E-state index is -4.61. The molecular formula is C12H11Cl2F3O3. The summed E-state index contributed by atoms with van der Waals surface area (Å²) in [5.74, 6) is -1.24. The first kappa shape index (κ1) is 16.9. The van der Waals surface area contributed by atoms with E-state index in [0.29, 0.717) is 0 Å². The van der Waals surface area contributed by atoms with Crippen LogP contribution in [-0.4, -0.2) is 19.2 Å². The summed E-state index contributed by atoms with van der Waals surface area (Å²) in [6.45, 7) is 1.26. The summed E-state index contributed by atoms with van der Waals surface area (Å²) in [5, 5.41) is -0.173. The predicted octanol–water partition coefficient (Wildman–Crippen LogP) is 4.04. The third-order valence-corrected chi connectivity index (χ3v) is 2.87. The summed E-state index contributed by atoms with van der Waals surface area (Å²) >= 11 is 11.2. The molecule has 1 aromatic rings. The molecule has 0 bridgehead atoms. The Morgan fingerprint density at radius 2 is 2.00 bits per heavy atom. The van der Waals surface area contributed by atoms with Gasteiger partial charge in [0.25, 0.3) is 0 Å². The topological polar surface area (TPSA) is 35.5 Å². The summed E-state index contributed by atoms with van der Waals surface area (Å²) in [5.41, 5.74) is -1.22. The average Bonchev–Trinajstić information content (AvgIpc) is 2.35. The Labute approximate surface area is 123 Å². The van der Waals surface area contributed by atoms with E-state index in [9.17, 15) is 18.0 Å². The maximum Gasteiger partial charge on any atom is 0.416 e. The molecule has 20 heavy (non-hydrogen) atoms. The van der Waals surface area contributed by atoms with Gasteiger partial charge in [-0.2, -0.15) is 13.2 Å². The van der Waals surface area contributed by atoms with Gasteiger partial charge in [0, 0.05) is 10.9 Å². The van der Waals surface area contributed by atoms with Gasteiger partial charge in [-0.25, -0.2) is 4.79 Å². The van der Waals surface area contributed by atoms with E-state index in [1.165, 1.54) is 6.07 Å². The fourth-order valence-electron chi connectivity index (χ4n) is 1.43. The van der Waals surface area contributed by atoms with Crippen LogP contribution in [0.3, 0.4) is 0 Å². The molecule has 0 radical (unpaired) electrons. The molecule has 1 aromatic carbocycles. The van der Waals surface area contributed by atoms with Crippen molar-refractivity contribution >= 4 is 29.2 Å². The third kappa shape index (κ3) is 4.45. The quantitative estimate of drug-likeness (QED) is 0.603. The van der Waals surface area contributed by atoms with Gasteiger partial charge in [-0.1, -0.05) is 11.6 Å². The van der Waals surface area contributed by atoms with E-state index < -0.39 is 24.3 Å². The SMILES string of the molecule is CCOC(=O)COc1cc(Cl)c(CCl)c(C(F)(F)F)c1. The van der Waals surface area contributed by atoms with E-state index in [1.807, 2.05) is 0 Å². The van der Waals surface area contributed by atoms with Crippen LogP contribution >= 0.6 is 23.2 Å². The number of rotatable bonds is 5. The molecule has 0 saturated heterocycles. The second kappa shape index (κ2) is 7.04. The van der Waals surface area contributed by atoms with Crippen molar-refractivity contribution in [2.45, 2.75) is 19.0 Å². The van der Waals surface area contributed by atoms with Gasteiger partial charge >= 0.3 is 12.1 Å². The van der Waals surface area contributed by atoms with Crippen LogP contribution < -0.4 is 4.74 Å². The number of benzene rings is 1. The standard InChI is InChI=1S/C12H11Cl2F3O3/c1-2-19-11(18)6-20-7-3-9(12(15,16)17)8(5-13)10(14)4-7/h3-4H,2,5-6H2,1H3. The van der Waals surface area contributed by atoms with E-state index in [1.54, 1.807) is 6.92 Å². The first-order chi connectivity index (χ1) is 9.29. The van der Waals surface area contributed by atoms with Crippen molar-refractivity contribution < 1.29 is 27.4 Å². The average molecular weight is 331 g/mol. The van der Waals surface area contributed by atoms with Gasteiger partial charge in [0.2, 0.25) is 0 Å². The molecule has 0 aliphatic heterocycles. The zero-order valence-electron chi connectivity index (χ0n) is 10.4. The van der Waals surface area contributed by atoms with Gasteiger partial charge in [-0.05, 0) is 24.6 Å². The van der Waals surface area contributed by atoms with Crippen LogP contribution in [0.1, 0.15) is 18.1 Å². The first-order valence-electron chi connectivity index (χ1n) is 5.53. The molecule has 0 N–H and O–H groups in total. The predicted molar refractivity (Wildman–Crippen MR) is 68.1 cm³/mol. The van der Waals surface area contributed by atoms with Crippen LogP contribution in [0.5, 0.6) is 5.75 Å². The number of alkyl halides is 4. The lowest BCUT2D eigenvalue weighted by Gasteiger charge is -2.15. The lowest BCUT2D eigenvalue weighted by molar-refractivity contribution is -0.145. The van der Waals surface area contributed by atoms with Crippen LogP contribution in [0.2, 0.25) is 5.02 Å². The number of ether oxygens (including phenoxy) is 2. The first-order valence-corrected chi connectivity index (χ1v) is 6.44. The highest BCUT2D eigenvalue weighted by molar-refractivity contribution is 6.32. The molecule has 8 heteroatoms. The van der Waals surface area contributed by atoms with E-state index in [2.05, 4.69) is 4.74 Å². The smallest absolute Gasteiger partial charge is 0.416 e. The van der Waals surface area contributed by atoms with Crippen molar-refractivity contribution in [3.05, 3.63) is 28.3 Å². The molecule has 0 spiro atoms. The minimum absolute atomic E-state index is 0.155. The minimum Gasteiger partial charge on any atom is -0.482 e. The Hall–Kier alpha value is -1.14. The van der Waals surface area contributed by atoms with Crippen molar-refractivity contribution in [2.75, 3.05) is 13.2 Å². The Balaban J connectivity index is 3.00. The van der Waals surface area contributed by atoms with Crippen molar-refractivity contribution in [1.82, 2.24) is 0 Å². The van der Waals surface area contributed by atoms with Gasteiger partial charge in [0.05, 0.1) is 12.2 Å². The van der Waals surface area contributed by atoms with E-state index in [4.69, 9.17) is 27.9 Å². The second-order valence-corrected chi connectivity index (χ2v) is 4.33. The van der Waals surface area contributed by atoms with Crippen LogP contribution in [0.25, 0.3) is 0 Å². The maximum absolute atomic E-state index is 12.9. The fourth-order valence-corrected chi connectivity index (χ4v) is 2.06. The molecule has 0 aliphatic rings. The van der Waals surface area contributed by atoms with Crippen molar-refractivity contribution in [3.63, 3.8) is 0 Å². The van der Waals surface area contributed by atoms with E-state index >= 15 is 0 Å². The Bertz CT molecular complexity index is 490. The normalized spacial score (nSPS) is 11.3. The lowest BCUT2D eigenvalue weighted by atomic mass is 10.1. The summed E-state index contributed by atoms with van der Waals surface area (Å²) in [6, 6.07) is 1.93. The van der Waals surface area contributed by atoms with Gasteiger partial charge in [0.1, 0.15) is 5.75 Å². The molecule has 1 rings (SSSR count). The second-order valence-electron chi connectivity index (χ2n) is 3.66. The number of halogens is 5. The molecule has 0 atom stereocenters. The van der Waals surface area contributed by atoms with Crippen LogP contribution in [-0.2, 0) is 21.6 Å². The molecule has 0 fully saturated rings. The molecule has 3 nitrogen and oxygen atoms in total. The van der Waals surface area contributed by atoms with E-state index in [-0.39, 0.29) is 28.8 Å². The maximum atomic E-state index is 12.9. The zero-order valence-corrected chi connectivity index (χ0v) is 11.9. The number of carbonyl (C=O) groups is 1. The molecule has 0 amide bonds. The van der Waals surface area contributed by atoms with Gasteiger partial charge < -0.3 is 9.47 Å². The summed E-state index contributed by atoms with van der Waals surface area (Å²) in [7, 11) is 0. The van der Waals surface area contributed by atoms with Gasteiger partial charge in [0.15, 0.2) is 6.61 Å². The Kier molecular flexibility index (Phi) is 5.95. The number of hydrogen-bond acceptors (Lipinski definition) is 3. The molecule has 0 saturated carbocycles. The van der Waals surface area contributed by atoms with Crippen LogP contribution in [0, 0.1) is 0 Å². The number of hydrogen-bond donors (Lipinski definition) is 0. The van der Waals surface area contributed by atoms with Crippen molar-refractivity contribution in [3.8, 4) is 5.75 Å². The van der Waals surface area contributed by atoms with E-state index in [0.717, 1.165) is 6.07 Å². The van der Waals surface area contributed by atoms with Gasteiger partial charge in [-0.3, -0.25) is 0 Å². The molecule has 0 unspecified atom stereocenters. The van der Waals surface area contributed by atoms with Crippen molar-refractivity contribution in [1.29, 1.82) is 0 Å². The molecular weight excluding hydrogens is 320 g/mol. The number of esters is 1. The third-order valence-electron chi connectivity index (χ3n) is 2.27. The molecule has 0 aromatic heterocycles. The Morgan fingerprint density at radius 1 is 1.35 bits per heavy atom. The molecule has 112 valence electrons. The summed E-state index contributed by atoms with van der Waals surface area (Å²) < 4.78 is 48.1. The van der Waals surface area contributed by atoms with Crippen LogP contribution in [0.15, 0.2) is 12.1 Å².